The number of carbonyl (C=O) groups is 3. The third kappa shape index (κ3) is 4.21. The molecular formula is C25H28FN5O3. The molecule has 34 heavy (non-hydrogen) atoms. The third-order valence-corrected chi connectivity index (χ3v) is 7.29. The number of halogens is 1. The Labute approximate surface area is 197 Å². The summed E-state index contributed by atoms with van der Waals surface area (Å²) in [5.74, 6) is -1.16. The molecule has 8 nitrogen and oxygen atoms in total. The van der Waals surface area contributed by atoms with Gasteiger partial charge in [0.15, 0.2) is 0 Å². The molecule has 178 valence electrons. The van der Waals surface area contributed by atoms with Crippen LogP contribution < -0.4 is 16.0 Å². The lowest BCUT2D eigenvalue weighted by Crippen LogP contribution is -2.52. The second kappa shape index (κ2) is 9.23. The minimum atomic E-state index is -0.616. The van der Waals surface area contributed by atoms with Gasteiger partial charge in [-0.15, -0.1) is 0 Å². The number of hydrogen-bond acceptors (Lipinski definition) is 6. The molecule has 3 amide bonds. The highest BCUT2D eigenvalue weighted by Crippen LogP contribution is 2.34. The van der Waals surface area contributed by atoms with Crippen LogP contribution in [0.4, 0.5) is 4.39 Å². The van der Waals surface area contributed by atoms with Gasteiger partial charge >= 0.3 is 0 Å². The van der Waals surface area contributed by atoms with E-state index < -0.39 is 11.9 Å². The number of carbonyl (C=O) groups excluding carboxylic acids is 3. The monoisotopic (exact) mass is 465 g/mol. The molecule has 4 heterocycles. The van der Waals surface area contributed by atoms with Gasteiger partial charge in [-0.05, 0) is 61.2 Å². The molecule has 2 saturated heterocycles. The van der Waals surface area contributed by atoms with Gasteiger partial charge in [0.05, 0.1) is 6.20 Å². The molecule has 1 aromatic carbocycles. The molecule has 3 aliphatic heterocycles. The van der Waals surface area contributed by atoms with Crippen molar-refractivity contribution >= 4 is 17.7 Å². The maximum Gasteiger partial charge on any atom is 0.255 e. The number of nitrogens with zero attached hydrogens (tertiary/aromatic N) is 2. The van der Waals surface area contributed by atoms with Crippen LogP contribution in [0.3, 0.4) is 0 Å². The number of amides is 3. The molecule has 0 saturated carbocycles. The van der Waals surface area contributed by atoms with Crippen molar-refractivity contribution in [3.63, 3.8) is 0 Å². The fourth-order valence-corrected chi connectivity index (χ4v) is 5.41. The van der Waals surface area contributed by atoms with Gasteiger partial charge < -0.3 is 15.5 Å². The van der Waals surface area contributed by atoms with Crippen molar-refractivity contribution in [2.24, 2.45) is 0 Å². The Kier molecular flexibility index (Phi) is 6.14. The van der Waals surface area contributed by atoms with E-state index in [4.69, 9.17) is 0 Å². The Balaban J connectivity index is 1.27. The minimum absolute atomic E-state index is 0.181. The van der Waals surface area contributed by atoms with Gasteiger partial charge in [0.25, 0.3) is 5.91 Å². The molecule has 0 radical (unpaired) electrons. The van der Waals surface area contributed by atoms with Crippen molar-refractivity contribution in [1.82, 2.24) is 25.8 Å². The highest BCUT2D eigenvalue weighted by molar-refractivity contribution is 6.05. The summed E-state index contributed by atoms with van der Waals surface area (Å²) in [4.78, 5) is 42.2. The normalized spacial score (nSPS) is 22.0. The van der Waals surface area contributed by atoms with Gasteiger partial charge in [0.1, 0.15) is 11.9 Å². The molecule has 1 aromatic heterocycles. The summed E-state index contributed by atoms with van der Waals surface area (Å²) in [7, 11) is 0. The summed E-state index contributed by atoms with van der Waals surface area (Å²) < 4.78 is 14.6. The topological polar surface area (TPSA) is 103 Å². The first-order chi connectivity index (χ1) is 16.5. The Morgan fingerprint density at radius 1 is 1.18 bits per heavy atom. The molecular weight excluding hydrogens is 437 g/mol. The van der Waals surface area contributed by atoms with Crippen LogP contribution in [-0.4, -0.2) is 53.3 Å². The molecule has 0 aliphatic carbocycles. The second-order valence-electron chi connectivity index (χ2n) is 9.38. The van der Waals surface area contributed by atoms with E-state index in [9.17, 15) is 18.8 Å². The van der Waals surface area contributed by atoms with Gasteiger partial charge in [0.2, 0.25) is 11.8 Å². The summed E-state index contributed by atoms with van der Waals surface area (Å²) in [6.45, 7) is 3.18. The number of pyridine rings is 1. The SMILES string of the molecule is O=C1CCC(N2Cc3ccc(CNCC4(c5ccncc5F)CCNCC4)cc3C2=O)C(=O)N1. The Morgan fingerprint density at radius 3 is 2.76 bits per heavy atom. The molecule has 3 N–H and O–H groups in total. The minimum Gasteiger partial charge on any atom is -0.322 e. The van der Waals surface area contributed by atoms with Crippen molar-refractivity contribution < 1.29 is 18.8 Å². The maximum atomic E-state index is 14.6. The van der Waals surface area contributed by atoms with Gasteiger partial charge in [-0.25, -0.2) is 4.39 Å². The van der Waals surface area contributed by atoms with Crippen LogP contribution in [0.1, 0.15) is 52.7 Å². The van der Waals surface area contributed by atoms with E-state index in [1.165, 1.54) is 6.20 Å². The molecule has 5 rings (SSSR count). The number of hydrogen-bond donors (Lipinski definition) is 3. The Bertz CT molecular complexity index is 1130. The lowest BCUT2D eigenvalue weighted by molar-refractivity contribution is -0.136. The van der Waals surface area contributed by atoms with Crippen molar-refractivity contribution in [2.45, 2.75) is 50.2 Å². The summed E-state index contributed by atoms with van der Waals surface area (Å²) in [6, 6.07) is 6.95. The van der Waals surface area contributed by atoms with Gasteiger partial charge in [-0.3, -0.25) is 24.7 Å². The first-order valence-corrected chi connectivity index (χ1v) is 11.7. The highest BCUT2D eigenvalue weighted by atomic mass is 19.1. The smallest absolute Gasteiger partial charge is 0.255 e. The summed E-state index contributed by atoms with van der Waals surface area (Å²) >= 11 is 0. The van der Waals surface area contributed by atoms with Crippen LogP contribution in [0.25, 0.3) is 0 Å². The lowest BCUT2D eigenvalue weighted by atomic mass is 9.73. The molecule has 0 bridgehead atoms. The van der Waals surface area contributed by atoms with Crippen LogP contribution in [-0.2, 0) is 28.1 Å². The number of fused-ring (bicyclic) bond motifs is 1. The largest absolute Gasteiger partial charge is 0.322 e. The number of imide groups is 1. The zero-order valence-electron chi connectivity index (χ0n) is 18.9. The number of benzene rings is 1. The van der Waals surface area contributed by atoms with Crippen LogP contribution in [0.15, 0.2) is 36.7 Å². The molecule has 9 heteroatoms. The fraction of sp³-hybridized carbons (Fsp3) is 0.440. The van der Waals surface area contributed by atoms with Crippen molar-refractivity contribution in [3.05, 3.63) is 64.7 Å². The molecule has 2 aromatic rings. The Morgan fingerprint density at radius 2 is 2.00 bits per heavy atom. The zero-order valence-corrected chi connectivity index (χ0v) is 18.9. The van der Waals surface area contributed by atoms with Gasteiger partial charge in [-0.1, -0.05) is 12.1 Å². The van der Waals surface area contributed by atoms with Crippen molar-refractivity contribution in [1.29, 1.82) is 0 Å². The second-order valence-corrected chi connectivity index (χ2v) is 9.38. The average Bonchev–Trinajstić information content (AvgIpc) is 3.15. The molecule has 3 aliphatic rings. The van der Waals surface area contributed by atoms with E-state index in [0.717, 1.165) is 37.1 Å². The van der Waals surface area contributed by atoms with E-state index in [-0.39, 0.29) is 29.5 Å². The Hall–Kier alpha value is -3.17. The maximum absolute atomic E-state index is 14.6. The zero-order chi connectivity index (χ0) is 23.7. The van der Waals surface area contributed by atoms with E-state index in [0.29, 0.717) is 37.2 Å². The predicted octanol–water partition coefficient (Wildman–Crippen LogP) is 1.39. The van der Waals surface area contributed by atoms with Crippen LogP contribution in [0, 0.1) is 5.82 Å². The molecule has 1 atom stereocenters. The fourth-order valence-electron chi connectivity index (χ4n) is 5.41. The number of aromatic nitrogens is 1. The average molecular weight is 466 g/mol. The number of nitrogens with one attached hydrogen (secondary N) is 3. The quantitative estimate of drug-likeness (QED) is 0.558. The van der Waals surface area contributed by atoms with Crippen molar-refractivity contribution in [3.8, 4) is 0 Å². The number of piperidine rings is 2. The molecule has 2 fully saturated rings. The predicted molar refractivity (Wildman–Crippen MR) is 122 cm³/mol. The summed E-state index contributed by atoms with van der Waals surface area (Å²) in [5.41, 5.74) is 2.82. The van der Waals surface area contributed by atoms with Crippen LogP contribution in [0.2, 0.25) is 0 Å². The van der Waals surface area contributed by atoms with E-state index >= 15 is 0 Å². The standard InChI is InChI=1S/C25H28FN5O3/c26-20-13-28-8-5-19(20)25(6-9-27-10-7-25)15-29-12-16-1-2-17-14-31(24(34)18(17)11-16)21-3-4-22(32)30-23(21)33/h1-2,5,8,11,13,21,27,29H,3-4,6-7,9-10,12,14-15H2,(H,30,32,33). The highest BCUT2D eigenvalue weighted by Gasteiger charge is 2.39. The third-order valence-electron chi connectivity index (χ3n) is 7.29. The van der Waals surface area contributed by atoms with E-state index in [1.807, 2.05) is 18.2 Å². The molecule has 1 unspecified atom stereocenters. The van der Waals surface area contributed by atoms with E-state index in [1.54, 1.807) is 17.2 Å². The van der Waals surface area contributed by atoms with Gasteiger partial charge in [0, 0.05) is 43.2 Å². The van der Waals surface area contributed by atoms with Crippen LogP contribution >= 0.6 is 0 Å². The number of rotatable bonds is 6. The summed E-state index contributed by atoms with van der Waals surface area (Å²) in [6.07, 6.45) is 5.15. The summed E-state index contributed by atoms with van der Waals surface area (Å²) in [5, 5.41) is 9.17. The first-order valence-electron chi connectivity index (χ1n) is 11.7. The van der Waals surface area contributed by atoms with Crippen LogP contribution in [0.5, 0.6) is 0 Å². The van der Waals surface area contributed by atoms with Crippen molar-refractivity contribution in [2.75, 3.05) is 19.6 Å². The lowest BCUT2D eigenvalue weighted by Gasteiger charge is -2.38. The first kappa shape index (κ1) is 22.6. The van der Waals surface area contributed by atoms with E-state index in [2.05, 4.69) is 20.9 Å². The van der Waals surface area contributed by atoms with Gasteiger partial charge in [-0.2, -0.15) is 0 Å². The molecule has 0 spiro atoms.